The van der Waals surface area contributed by atoms with Crippen LogP contribution in [0, 0.1) is 5.92 Å². The number of piperidine rings is 1. The van der Waals surface area contributed by atoms with Crippen LogP contribution in [0.5, 0.6) is 5.75 Å². The molecule has 1 amide bonds. The van der Waals surface area contributed by atoms with Gasteiger partial charge in [-0.3, -0.25) is 4.79 Å². The number of methoxy groups -OCH3 is 1. The Hall–Kier alpha value is -1.16. The smallest absolute Gasteiger partial charge is 0.232 e. The SMILES string of the molecule is COc1ccc(SCC(=O)N2CCC(C)CC2)cc1. The van der Waals surface area contributed by atoms with E-state index in [9.17, 15) is 4.79 Å². The van der Waals surface area contributed by atoms with Crippen LogP contribution in [0.1, 0.15) is 19.8 Å². The van der Waals surface area contributed by atoms with Crippen molar-refractivity contribution in [3.05, 3.63) is 24.3 Å². The van der Waals surface area contributed by atoms with E-state index in [1.807, 2.05) is 29.2 Å². The third kappa shape index (κ3) is 4.16. The minimum atomic E-state index is 0.257. The van der Waals surface area contributed by atoms with Gasteiger partial charge in [0.25, 0.3) is 0 Å². The van der Waals surface area contributed by atoms with Crippen molar-refractivity contribution in [2.75, 3.05) is 26.0 Å². The van der Waals surface area contributed by atoms with Crippen LogP contribution in [0.4, 0.5) is 0 Å². The highest BCUT2D eigenvalue weighted by Gasteiger charge is 2.19. The van der Waals surface area contributed by atoms with Gasteiger partial charge in [0.2, 0.25) is 5.91 Å². The van der Waals surface area contributed by atoms with Crippen LogP contribution in [0.2, 0.25) is 0 Å². The second-order valence-electron chi connectivity index (χ2n) is 5.03. The van der Waals surface area contributed by atoms with E-state index < -0.39 is 0 Å². The first-order valence-corrected chi connectivity index (χ1v) is 7.72. The molecule has 0 bridgehead atoms. The molecule has 0 atom stereocenters. The van der Waals surface area contributed by atoms with Crippen LogP contribution < -0.4 is 4.74 Å². The quantitative estimate of drug-likeness (QED) is 0.793. The number of rotatable bonds is 4. The van der Waals surface area contributed by atoms with E-state index in [1.54, 1.807) is 18.9 Å². The summed E-state index contributed by atoms with van der Waals surface area (Å²) in [5, 5.41) is 0. The van der Waals surface area contributed by atoms with E-state index in [-0.39, 0.29) is 5.91 Å². The van der Waals surface area contributed by atoms with Crippen molar-refractivity contribution in [1.82, 2.24) is 4.90 Å². The summed E-state index contributed by atoms with van der Waals surface area (Å²) in [5.74, 6) is 2.40. The molecule has 19 heavy (non-hydrogen) atoms. The molecule has 0 saturated carbocycles. The number of carbonyl (C=O) groups excluding carboxylic acids is 1. The number of likely N-dealkylation sites (tertiary alicyclic amines) is 1. The van der Waals surface area contributed by atoms with E-state index >= 15 is 0 Å². The van der Waals surface area contributed by atoms with Gasteiger partial charge >= 0.3 is 0 Å². The topological polar surface area (TPSA) is 29.5 Å². The van der Waals surface area contributed by atoms with Gasteiger partial charge < -0.3 is 9.64 Å². The monoisotopic (exact) mass is 279 g/mol. The maximum atomic E-state index is 12.1. The normalized spacial score (nSPS) is 16.4. The Morgan fingerprint density at radius 1 is 1.32 bits per heavy atom. The summed E-state index contributed by atoms with van der Waals surface area (Å²) >= 11 is 1.60. The Kier molecular flexibility index (Phi) is 5.14. The van der Waals surface area contributed by atoms with Gasteiger partial charge in [0, 0.05) is 18.0 Å². The van der Waals surface area contributed by atoms with Crippen molar-refractivity contribution in [2.45, 2.75) is 24.7 Å². The molecule has 0 radical (unpaired) electrons. The van der Waals surface area contributed by atoms with Gasteiger partial charge in [-0.25, -0.2) is 0 Å². The summed E-state index contributed by atoms with van der Waals surface area (Å²) in [6, 6.07) is 7.84. The van der Waals surface area contributed by atoms with Crippen molar-refractivity contribution in [2.24, 2.45) is 5.92 Å². The zero-order chi connectivity index (χ0) is 13.7. The first-order valence-electron chi connectivity index (χ1n) is 6.73. The van der Waals surface area contributed by atoms with Crippen molar-refractivity contribution in [1.29, 1.82) is 0 Å². The zero-order valence-corrected chi connectivity index (χ0v) is 12.4. The van der Waals surface area contributed by atoms with Crippen molar-refractivity contribution in [3.63, 3.8) is 0 Å². The fourth-order valence-electron chi connectivity index (χ4n) is 2.17. The van der Waals surface area contributed by atoms with Crippen LogP contribution >= 0.6 is 11.8 Å². The fraction of sp³-hybridized carbons (Fsp3) is 0.533. The first-order chi connectivity index (χ1) is 9.19. The van der Waals surface area contributed by atoms with E-state index in [1.165, 1.54) is 0 Å². The van der Waals surface area contributed by atoms with Crippen molar-refractivity contribution < 1.29 is 9.53 Å². The van der Waals surface area contributed by atoms with E-state index in [2.05, 4.69) is 6.92 Å². The minimum absolute atomic E-state index is 0.257. The number of hydrogen-bond acceptors (Lipinski definition) is 3. The molecule has 1 saturated heterocycles. The van der Waals surface area contributed by atoms with Gasteiger partial charge in [-0.2, -0.15) is 0 Å². The van der Waals surface area contributed by atoms with Crippen LogP contribution in [0.15, 0.2) is 29.2 Å². The highest BCUT2D eigenvalue weighted by Crippen LogP contribution is 2.23. The van der Waals surface area contributed by atoms with Gasteiger partial charge in [0.15, 0.2) is 0 Å². The number of benzene rings is 1. The lowest BCUT2D eigenvalue weighted by Gasteiger charge is -2.30. The van der Waals surface area contributed by atoms with Crippen molar-refractivity contribution in [3.8, 4) is 5.75 Å². The average Bonchev–Trinajstić information content (AvgIpc) is 2.46. The molecule has 0 aliphatic carbocycles. The summed E-state index contributed by atoms with van der Waals surface area (Å²) in [6.45, 7) is 4.10. The Balaban J connectivity index is 1.79. The lowest BCUT2D eigenvalue weighted by atomic mass is 9.99. The predicted octanol–water partition coefficient (Wildman–Crippen LogP) is 3.05. The van der Waals surface area contributed by atoms with Crippen molar-refractivity contribution >= 4 is 17.7 Å². The Bertz CT molecular complexity index is 411. The van der Waals surface area contributed by atoms with Gasteiger partial charge in [0.1, 0.15) is 5.75 Å². The van der Waals surface area contributed by atoms with E-state index in [0.29, 0.717) is 5.75 Å². The lowest BCUT2D eigenvalue weighted by Crippen LogP contribution is -2.38. The van der Waals surface area contributed by atoms with Gasteiger partial charge in [-0.1, -0.05) is 6.92 Å². The summed E-state index contributed by atoms with van der Waals surface area (Å²) in [6.07, 6.45) is 2.28. The summed E-state index contributed by atoms with van der Waals surface area (Å²) < 4.78 is 5.12. The van der Waals surface area contributed by atoms with Crippen LogP contribution in [-0.2, 0) is 4.79 Å². The van der Waals surface area contributed by atoms with Gasteiger partial charge in [-0.05, 0) is 43.0 Å². The molecule has 0 N–H and O–H groups in total. The molecule has 1 aliphatic heterocycles. The maximum absolute atomic E-state index is 12.1. The van der Waals surface area contributed by atoms with Crippen LogP contribution in [0.25, 0.3) is 0 Å². The highest BCUT2D eigenvalue weighted by molar-refractivity contribution is 8.00. The zero-order valence-electron chi connectivity index (χ0n) is 11.6. The Morgan fingerprint density at radius 2 is 1.95 bits per heavy atom. The molecule has 1 aromatic carbocycles. The molecule has 104 valence electrons. The third-order valence-electron chi connectivity index (χ3n) is 3.56. The number of nitrogens with zero attached hydrogens (tertiary/aromatic N) is 1. The van der Waals surface area contributed by atoms with Crippen LogP contribution in [0.3, 0.4) is 0 Å². The van der Waals surface area contributed by atoms with E-state index in [4.69, 9.17) is 4.74 Å². The molecule has 3 nitrogen and oxygen atoms in total. The van der Waals surface area contributed by atoms with Crippen LogP contribution in [-0.4, -0.2) is 36.8 Å². The predicted molar refractivity (Wildman–Crippen MR) is 78.7 cm³/mol. The van der Waals surface area contributed by atoms with Gasteiger partial charge in [0.05, 0.1) is 12.9 Å². The largest absolute Gasteiger partial charge is 0.497 e. The second-order valence-corrected chi connectivity index (χ2v) is 6.08. The molecule has 0 aromatic heterocycles. The summed E-state index contributed by atoms with van der Waals surface area (Å²) in [4.78, 5) is 15.2. The first kappa shape index (κ1) is 14.3. The minimum Gasteiger partial charge on any atom is -0.497 e. The maximum Gasteiger partial charge on any atom is 0.232 e. The highest BCUT2D eigenvalue weighted by atomic mass is 32.2. The number of ether oxygens (including phenoxy) is 1. The molecule has 1 fully saturated rings. The summed E-state index contributed by atoms with van der Waals surface area (Å²) in [5.41, 5.74) is 0. The molecule has 2 rings (SSSR count). The molecule has 1 aliphatic rings. The molecule has 1 heterocycles. The number of thioether (sulfide) groups is 1. The lowest BCUT2D eigenvalue weighted by molar-refractivity contribution is -0.129. The molecule has 4 heteroatoms. The second kappa shape index (κ2) is 6.85. The average molecular weight is 279 g/mol. The number of hydrogen-bond donors (Lipinski definition) is 0. The Morgan fingerprint density at radius 3 is 2.53 bits per heavy atom. The fourth-order valence-corrected chi connectivity index (χ4v) is 2.97. The molecule has 0 unspecified atom stereocenters. The van der Waals surface area contributed by atoms with E-state index in [0.717, 1.165) is 42.5 Å². The standard InChI is InChI=1S/C15H21NO2S/c1-12-7-9-16(10-8-12)15(17)11-19-14-5-3-13(18-2)4-6-14/h3-6,12H,7-11H2,1-2H3. The number of carbonyl (C=O) groups is 1. The summed E-state index contributed by atoms with van der Waals surface area (Å²) in [7, 11) is 1.66. The Labute approximate surface area is 119 Å². The van der Waals surface area contributed by atoms with Gasteiger partial charge in [-0.15, -0.1) is 11.8 Å². The molecular weight excluding hydrogens is 258 g/mol. The third-order valence-corrected chi connectivity index (χ3v) is 4.55. The molecule has 0 spiro atoms. The number of amides is 1. The molecular formula is C15H21NO2S. The molecule has 1 aromatic rings.